The standard InChI is InChI=1S/C16H25NO4/c1-13-5-3-6-15(11-13)21-10-4-7-16(19)17-9-8-14(18)12-20-2/h3,5-6,11,14,18H,4,7-10,12H2,1-2H3,(H,17,19). The highest BCUT2D eigenvalue weighted by Crippen LogP contribution is 2.12. The Labute approximate surface area is 126 Å². The Morgan fingerprint density at radius 3 is 2.95 bits per heavy atom. The third-order valence-electron chi connectivity index (χ3n) is 2.97. The fraction of sp³-hybridized carbons (Fsp3) is 0.562. The van der Waals surface area contributed by atoms with Gasteiger partial charge in [-0.2, -0.15) is 0 Å². The minimum atomic E-state index is -0.528. The van der Waals surface area contributed by atoms with Gasteiger partial charge in [0.05, 0.1) is 19.3 Å². The number of amides is 1. The Bertz CT molecular complexity index is 422. The third kappa shape index (κ3) is 8.32. The molecule has 21 heavy (non-hydrogen) atoms. The highest BCUT2D eigenvalue weighted by atomic mass is 16.5. The van der Waals surface area contributed by atoms with Gasteiger partial charge in [-0.15, -0.1) is 0 Å². The first-order chi connectivity index (χ1) is 10.1. The molecule has 5 heteroatoms. The summed E-state index contributed by atoms with van der Waals surface area (Å²) < 4.78 is 10.4. The Hall–Kier alpha value is -1.59. The van der Waals surface area contributed by atoms with E-state index >= 15 is 0 Å². The van der Waals surface area contributed by atoms with Crippen LogP contribution in [-0.4, -0.2) is 44.0 Å². The lowest BCUT2D eigenvalue weighted by atomic mass is 10.2. The van der Waals surface area contributed by atoms with Gasteiger partial charge in [0.2, 0.25) is 5.91 Å². The minimum absolute atomic E-state index is 0.0209. The second kappa shape index (κ2) is 10.2. The molecule has 0 aromatic heterocycles. The third-order valence-corrected chi connectivity index (χ3v) is 2.97. The number of aliphatic hydroxyl groups excluding tert-OH is 1. The minimum Gasteiger partial charge on any atom is -0.494 e. The summed E-state index contributed by atoms with van der Waals surface area (Å²) in [7, 11) is 1.54. The number of aryl methyl sites for hydroxylation is 1. The molecular weight excluding hydrogens is 270 g/mol. The predicted molar refractivity (Wildman–Crippen MR) is 81.4 cm³/mol. The summed E-state index contributed by atoms with van der Waals surface area (Å²) in [5.41, 5.74) is 1.15. The number of hydrogen-bond donors (Lipinski definition) is 2. The van der Waals surface area contributed by atoms with Crippen molar-refractivity contribution >= 4 is 5.91 Å². The number of benzene rings is 1. The fourth-order valence-corrected chi connectivity index (χ4v) is 1.87. The molecule has 0 fully saturated rings. The van der Waals surface area contributed by atoms with E-state index in [9.17, 15) is 9.90 Å². The molecule has 1 aromatic carbocycles. The van der Waals surface area contributed by atoms with Crippen molar-refractivity contribution in [3.63, 3.8) is 0 Å². The molecule has 0 aliphatic rings. The maximum absolute atomic E-state index is 11.6. The van der Waals surface area contributed by atoms with E-state index < -0.39 is 6.10 Å². The lowest BCUT2D eigenvalue weighted by Gasteiger charge is -2.10. The van der Waals surface area contributed by atoms with Gasteiger partial charge in [-0.05, 0) is 37.5 Å². The lowest BCUT2D eigenvalue weighted by molar-refractivity contribution is -0.121. The number of rotatable bonds is 10. The zero-order valence-corrected chi connectivity index (χ0v) is 12.8. The first-order valence-electron chi connectivity index (χ1n) is 7.25. The lowest BCUT2D eigenvalue weighted by Crippen LogP contribution is -2.28. The van der Waals surface area contributed by atoms with E-state index in [2.05, 4.69) is 5.32 Å². The maximum atomic E-state index is 11.6. The van der Waals surface area contributed by atoms with E-state index in [-0.39, 0.29) is 5.91 Å². The molecule has 0 heterocycles. The van der Waals surface area contributed by atoms with Crippen molar-refractivity contribution in [2.45, 2.75) is 32.3 Å². The van der Waals surface area contributed by atoms with Crippen LogP contribution in [0.5, 0.6) is 5.75 Å². The molecule has 0 spiro atoms. The van der Waals surface area contributed by atoms with Gasteiger partial charge in [-0.25, -0.2) is 0 Å². The van der Waals surface area contributed by atoms with Gasteiger partial charge in [0.15, 0.2) is 0 Å². The molecule has 2 N–H and O–H groups in total. The van der Waals surface area contributed by atoms with Crippen LogP contribution >= 0.6 is 0 Å². The molecule has 0 saturated carbocycles. The summed E-state index contributed by atoms with van der Waals surface area (Å²) in [6.07, 6.45) is 1.06. The molecule has 0 bridgehead atoms. The topological polar surface area (TPSA) is 67.8 Å². The smallest absolute Gasteiger partial charge is 0.220 e. The molecular formula is C16H25NO4. The second-order valence-electron chi connectivity index (χ2n) is 5.02. The van der Waals surface area contributed by atoms with Crippen LogP contribution in [-0.2, 0) is 9.53 Å². The van der Waals surface area contributed by atoms with E-state index in [0.717, 1.165) is 11.3 Å². The molecule has 118 valence electrons. The number of methoxy groups -OCH3 is 1. The van der Waals surface area contributed by atoms with Gasteiger partial charge in [-0.1, -0.05) is 12.1 Å². The van der Waals surface area contributed by atoms with Crippen LogP contribution in [0.3, 0.4) is 0 Å². The zero-order chi connectivity index (χ0) is 15.5. The van der Waals surface area contributed by atoms with Crippen LogP contribution in [0, 0.1) is 6.92 Å². The van der Waals surface area contributed by atoms with Crippen LogP contribution in [0.25, 0.3) is 0 Å². The molecule has 1 atom stereocenters. The average molecular weight is 295 g/mol. The second-order valence-corrected chi connectivity index (χ2v) is 5.02. The van der Waals surface area contributed by atoms with Gasteiger partial charge in [0, 0.05) is 20.1 Å². The van der Waals surface area contributed by atoms with Crippen molar-refractivity contribution in [3.05, 3.63) is 29.8 Å². The normalized spacial score (nSPS) is 12.0. The van der Waals surface area contributed by atoms with Crippen LogP contribution in [0.2, 0.25) is 0 Å². The van der Waals surface area contributed by atoms with Gasteiger partial charge in [0.25, 0.3) is 0 Å². The molecule has 1 aromatic rings. The number of ether oxygens (including phenoxy) is 2. The Morgan fingerprint density at radius 2 is 2.24 bits per heavy atom. The molecule has 0 radical (unpaired) electrons. The molecule has 1 rings (SSSR count). The monoisotopic (exact) mass is 295 g/mol. The predicted octanol–water partition coefficient (Wildman–Crippen LogP) is 1.67. The van der Waals surface area contributed by atoms with Crippen molar-refractivity contribution < 1.29 is 19.4 Å². The molecule has 0 aliphatic heterocycles. The van der Waals surface area contributed by atoms with Crippen molar-refractivity contribution in [2.24, 2.45) is 0 Å². The zero-order valence-electron chi connectivity index (χ0n) is 12.8. The molecule has 0 saturated heterocycles. The summed E-state index contributed by atoms with van der Waals surface area (Å²) >= 11 is 0. The van der Waals surface area contributed by atoms with Gasteiger partial charge in [-0.3, -0.25) is 4.79 Å². The summed E-state index contributed by atoms with van der Waals surface area (Å²) in [4.78, 5) is 11.6. The van der Waals surface area contributed by atoms with Crippen molar-refractivity contribution in [3.8, 4) is 5.75 Å². The van der Waals surface area contributed by atoms with E-state index in [1.54, 1.807) is 0 Å². The molecule has 1 amide bonds. The summed E-state index contributed by atoms with van der Waals surface area (Å²) in [6.45, 7) is 3.28. The van der Waals surface area contributed by atoms with Gasteiger partial charge in [0.1, 0.15) is 5.75 Å². The van der Waals surface area contributed by atoms with E-state index in [1.165, 1.54) is 7.11 Å². The van der Waals surface area contributed by atoms with Crippen LogP contribution < -0.4 is 10.1 Å². The molecule has 5 nitrogen and oxygen atoms in total. The van der Waals surface area contributed by atoms with Crippen molar-refractivity contribution in [1.29, 1.82) is 0 Å². The molecule has 0 aliphatic carbocycles. The SMILES string of the molecule is COCC(O)CCNC(=O)CCCOc1cccc(C)c1. The first-order valence-corrected chi connectivity index (χ1v) is 7.25. The Morgan fingerprint density at radius 1 is 1.43 bits per heavy atom. The quantitative estimate of drug-likeness (QED) is 0.644. The number of nitrogens with one attached hydrogen (secondary N) is 1. The highest BCUT2D eigenvalue weighted by Gasteiger charge is 2.05. The number of carbonyl (C=O) groups is 1. The van der Waals surface area contributed by atoms with Crippen molar-refractivity contribution in [1.82, 2.24) is 5.32 Å². The van der Waals surface area contributed by atoms with E-state index in [1.807, 2.05) is 31.2 Å². The van der Waals surface area contributed by atoms with Crippen molar-refractivity contribution in [2.75, 3.05) is 26.9 Å². The summed E-state index contributed by atoms with van der Waals surface area (Å²) in [6, 6.07) is 7.84. The molecule has 1 unspecified atom stereocenters. The number of carbonyl (C=O) groups excluding carboxylic acids is 1. The largest absolute Gasteiger partial charge is 0.494 e. The maximum Gasteiger partial charge on any atom is 0.220 e. The first kappa shape index (κ1) is 17.5. The van der Waals surface area contributed by atoms with Gasteiger partial charge < -0.3 is 19.9 Å². The highest BCUT2D eigenvalue weighted by molar-refractivity contribution is 5.75. The van der Waals surface area contributed by atoms with E-state index in [0.29, 0.717) is 39.0 Å². The Kier molecular flexibility index (Phi) is 8.47. The van der Waals surface area contributed by atoms with Crippen LogP contribution in [0.1, 0.15) is 24.8 Å². The van der Waals surface area contributed by atoms with Gasteiger partial charge >= 0.3 is 0 Å². The number of hydrogen-bond acceptors (Lipinski definition) is 4. The number of aliphatic hydroxyl groups is 1. The summed E-state index contributed by atoms with van der Waals surface area (Å²) in [5, 5.41) is 12.2. The Balaban J connectivity index is 2.05. The summed E-state index contributed by atoms with van der Waals surface area (Å²) in [5.74, 6) is 0.811. The van der Waals surface area contributed by atoms with Crippen LogP contribution in [0.15, 0.2) is 24.3 Å². The average Bonchev–Trinajstić information content (AvgIpc) is 2.44. The van der Waals surface area contributed by atoms with Crippen LogP contribution in [0.4, 0.5) is 0 Å². The van der Waals surface area contributed by atoms with E-state index in [4.69, 9.17) is 9.47 Å². The fourth-order valence-electron chi connectivity index (χ4n) is 1.87.